The molecular weight excluding hydrogens is 144 g/mol. The summed E-state index contributed by atoms with van der Waals surface area (Å²) in [5, 5.41) is 0. The smallest absolute Gasteiger partial charge is 0.417 e. The quantitative estimate of drug-likeness (QED) is 0.501. The molecule has 0 fully saturated rings. The monoisotopic (exact) mass is 158 g/mol. The van der Waals surface area contributed by atoms with Crippen LogP contribution in [0.25, 0.3) is 0 Å². The number of hydrogen-bond acceptors (Lipinski definition) is 3. The third-order valence-corrected chi connectivity index (χ3v) is 1.34. The largest absolute Gasteiger partial charge is 0.457 e. The number of unbranched alkanes of at least 4 members (excludes halogenated alkanes) is 3. The van der Waals surface area contributed by atoms with Gasteiger partial charge < -0.3 is 9.47 Å². The highest BCUT2D eigenvalue weighted by molar-refractivity contribution is 5.37. The van der Waals surface area contributed by atoms with Crippen LogP contribution < -0.4 is 0 Å². The van der Waals surface area contributed by atoms with Gasteiger partial charge in [0.1, 0.15) is 0 Å². The Morgan fingerprint density at radius 3 is 2.27 bits per heavy atom. The number of hydrogen-bond donors (Lipinski definition) is 0. The summed E-state index contributed by atoms with van der Waals surface area (Å²) in [5.41, 5.74) is 0. The van der Waals surface area contributed by atoms with Crippen LogP contribution in [0, 0.1) is 7.11 Å². The summed E-state index contributed by atoms with van der Waals surface area (Å²) < 4.78 is 9.02. The van der Waals surface area contributed by atoms with Crippen molar-refractivity contribution in [3.63, 3.8) is 0 Å². The molecular formula is C8H14O3. The van der Waals surface area contributed by atoms with Gasteiger partial charge >= 0.3 is 6.47 Å². The third-order valence-electron chi connectivity index (χ3n) is 1.34. The van der Waals surface area contributed by atoms with Crippen LogP contribution in [0.15, 0.2) is 0 Å². The second-order valence-corrected chi connectivity index (χ2v) is 2.25. The average molecular weight is 158 g/mol. The molecule has 0 aliphatic heterocycles. The van der Waals surface area contributed by atoms with Crippen LogP contribution in [-0.4, -0.2) is 19.7 Å². The van der Waals surface area contributed by atoms with E-state index in [1.54, 1.807) is 0 Å². The van der Waals surface area contributed by atoms with E-state index in [-0.39, 0.29) is 0 Å². The van der Waals surface area contributed by atoms with Gasteiger partial charge in [0.15, 0.2) is 0 Å². The molecule has 3 nitrogen and oxygen atoms in total. The lowest BCUT2D eigenvalue weighted by Crippen LogP contribution is -1.92. The normalized spacial score (nSPS) is 9.55. The van der Waals surface area contributed by atoms with Gasteiger partial charge in [0, 0.05) is 6.61 Å². The summed E-state index contributed by atoms with van der Waals surface area (Å²) in [7, 11) is 3.26. The van der Waals surface area contributed by atoms with E-state index in [1.165, 1.54) is 6.47 Å². The molecule has 0 aromatic carbocycles. The first-order valence-electron chi connectivity index (χ1n) is 3.77. The second kappa shape index (κ2) is 9.43. The van der Waals surface area contributed by atoms with Gasteiger partial charge in [-0.05, 0) is 19.3 Å². The minimum atomic E-state index is 0.481. The fourth-order valence-electron chi connectivity index (χ4n) is 0.774. The predicted octanol–water partition coefficient (Wildman–Crippen LogP) is 1.44. The Hall–Kier alpha value is -0.570. The Labute approximate surface area is 67.7 Å². The molecule has 0 unspecified atom stereocenters. The first-order valence-corrected chi connectivity index (χ1v) is 3.77. The highest BCUT2D eigenvalue weighted by Crippen LogP contribution is 1.99. The molecule has 0 heterocycles. The van der Waals surface area contributed by atoms with E-state index in [0.717, 1.165) is 25.7 Å². The van der Waals surface area contributed by atoms with Gasteiger partial charge in [-0.15, -0.1) is 0 Å². The van der Waals surface area contributed by atoms with E-state index in [9.17, 15) is 4.79 Å². The SMILES string of the molecule is [CH2]OCCCCCCO[C]=O. The first-order chi connectivity index (χ1) is 5.41. The lowest BCUT2D eigenvalue weighted by atomic mass is 10.2. The lowest BCUT2D eigenvalue weighted by molar-refractivity contribution is 0.229. The predicted molar refractivity (Wildman–Crippen MR) is 41.4 cm³/mol. The molecule has 0 spiro atoms. The van der Waals surface area contributed by atoms with Crippen molar-refractivity contribution in [1.82, 2.24) is 0 Å². The Kier molecular flexibility index (Phi) is 8.94. The van der Waals surface area contributed by atoms with Crippen LogP contribution in [0.1, 0.15) is 25.7 Å². The molecule has 0 atom stereocenters. The zero-order valence-electron chi connectivity index (χ0n) is 6.67. The Morgan fingerprint density at radius 1 is 1.09 bits per heavy atom. The van der Waals surface area contributed by atoms with E-state index >= 15 is 0 Å². The molecule has 0 saturated carbocycles. The van der Waals surface area contributed by atoms with Crippen molar-refractivity contribution in [2.24, 2.45) is 0 Å². The minimum absolute atomic E-state index is 0.481. The van der Waals surface area contributed by atoms with Gasteiger partial charge in [-0.25, -0.2) is 4.79 Å². The molecule has 0 bridgehead atoms. The molecule has 0 aromatic rings. The van der Waals surface area contributed by atoms with Gasteiger partial charge in [-0.1, -0.05) is 6.42 Å². The Bertz CT molecular complexity index is 83.4. The molecule has 0 aliphatic rings. The molecule has 64 valence electrons. The molecule has 11 heavy (non-hydrogen) atoms. The topological polar surface area (TPSA) is 35.5 Å². The second-order valence-electron chi connectivity index (χ2n) is 2.25. The van der Waals surface area contributed by atoms with Gasteiger partial charge in [0.05, 0.1) is 13.7 Å². The summed E-state index contributed by atoms with van der Waals surface area (Å²) in [6, 6.07) is 0. The van der Waals surface area contributed by atoms with Crippen molar-refractivity contribution in [2.75, 3.05) is 13.2 Å². The molecule has 0 N–H and O–H groups in total. The Balaban J connectivity index is 2.74. The maximum Gasteiger partial charge on any atom is 0.417 e. The molecule has 2 radical (unpaired) electrons. The fraction of sp³-hybridized carbons (Fsp3) is 0.750. The van der Waals surface area contributed by atoms with Gasteiger partial charge in [-0.2, -0.15) is 0 Å². The molecule has 0 amide bonds. The fourth-order valence-corrected chi connectivity index (χ4v) is 0.774. The van der Waals surface area contributed by atoms with Crippen molar-refractivity contribution in [3.05, 3.63) is 7.11 Å². The van der Waals surface area contributed by atoms with Crippen LogP contribution in [-0.2, 0) is 14.3 Å². The summed E-state index contributed by atoms with van der Waals surface area (Å²) >= 11 is 0. The highest BCUT2D eigenvalue weighted by atomic mass is 16.5. The van der Waals surface area contributed by atoms with E-state index in [2.05, 4.69) is 16.6 Å². The van der Waals surface area contributed by atoms with Gasteiger partial charge in [0.2, 0.25) is 0 Å². The standard InChI is InChI=1S/C8H14O3/c1-10-6-4-2-3-5-7-11-8-9/h1-7H2. The lowest BCUT2D eigenvalue weighted by Gasteiger charge is -1.98. The van der Waals surface area contributed by atoms with Crippen molar-refractivity contribution in [1.29, 1.82) is 0 Å². The summed E-state index contributed by atoms with van der Waals surface area (Å²) in [6.45, 7) is 2.57. The molecule has 0 rings (SSSR count). The third kappa shape index (κ3) is 9.43. The number of ether oxygens (including phenoxy) is 2. The van der Waals surface area contributed by atoms with Crippen molar-refractivity contribution >= 4 is 6.47 Å². The van der Waals surface area contributed by atoms with Crippen molar-refractivity contribution in [3.8, 4) is 0 Å². The van der Waals surface area contributed by atoms with Crippen LogP contribution in [0.2, 0.25) is 0 Å². The molecule has 0 aliphatic carbocycles. The van der Waals surface area contributed by atoms with E-state index in [1.807, 2.05) is 0 Å². The van der Waals surface area contributed by atoms with Crippen molar-refractivity contribution < 1.29 is 14.3 Å². The van der Waals surface area contributed by atoms with Gasteiger partial charge in [0.25, 0.3) is 0 Å². The average Bonchev–Trinajstić information content (AvgIpc) is 2.03. The number of rotatable bonds is 8. The van der Waals surface area contributed by atoms with E-state index in [4.69, 9.17) is 0 Å². The summed E-state index contributed by atoms with van der Waals surface area (Å²) in [5.74, 6) is 0. The van der Waals surface area contributed by atoms with Crippen LogP contribution in [0.4, 0.5) is 0 Å². The van der Waals surface area contributed by atoms with E-state index in [0.29, 0.717) is 13.2 Å². The zero-order chi connectivity index (χ0) is 8.36. The Morgan fingerprint density at radius 2 is 1.73 bits per heavy atom. The summed E-state index contributed by atoms with van der Waals surface area (Å²) in [6.07, 6.45) is 4.09. The van der Waals surface area contributed by atoms with E-state index < -0.39 is 0 Å². The summed E-state index contributed by atoms with van der Waals surface area (Å²) in [4.78, 5) is 9.56. The maximum atomic E-state index is 9.56. The molecule has 0 aromatic heterocycles. The molecule has 0 saturated heterocycles. The number of carbonyl (C=O) groups excluding carboxylic acids is 1. The van der Waals surface area contributed by atoms with Crippen molar-refractivity contribution in [2.45, 2.75) is 25.7 Å². The van der Waals surface area contributed by atoms with Crippen LogP contribution in [0.3, 0.4) is 0 Å². The van der Waals surface area contributed by atoms with Gasteiger partial charge in [-0.3, -0.25) is 0 Å². The van der Waals surface area contributed by atoms with Crippen LogP contribution >= 0.6 is 0 Å². The maximum absolute atomic E-state index is 9.56. The van der Waals surface area contributed by atoms with Crippen LogP contribution in [0.5, 0.6) is 0 Å². The first kappa shape index (κ1) is 10.4. The molecule has 3 heteroatoms. The highest BCUT2D eigenvalue weighted by Gasteiger charge is 1.89. The zero-order valence-corrected chi connectivity index (χ0v) is 6.67. The minimum Gasteiger partial charge on any atom is -0.457 e.